The van der Waals surface area contributed by atoms with Crippen molar-refractivity contribution in [3.63, 3.8) is 0 Å². The molecular weight excluding hydrogens is 585 g/mol. The molecule has 0 bridgehead atoms. The zero-order valence-corrected chi connectivity index (χ0v) is 21.4. The number of imidazole rings is 2. The zero-order valence-electron chi connectivity index (χ0n) is 19.0. The molecule has 3 aromatic heterocycles. The molecule has 0 spiro atoms. The Kier molecular flexibility index (Phi) is 5.19. The fourth-order valence-corrected chi connectivity index (χ4v) is 4.84. The largest absolute Gasteiger partial charge is 0.339 e. The van der Waals surface area contributed by atoms with Gasteiger partial charge >= 0.3 is 0 Å². The summed E-state index contributed by atoms with van der Waals surface area (Å²) in [6.45, 7) is 8.53. The van der Waals surface area contributed by atoms with Crippen LogP contribution >= 0.6 is 0 Å². The first-order valence-electron chi connectivity index (χ1n) is 10.8. The molecule has 33 heavy (non-hydrogen) atoms. The molecule has 6 aromatic rings. The van der Waals surface area contributed by atoms with Crippen molar-refractivity contribution in [3.8, 4) is 17.1 Å². The summed E-state index contributed by atoms with van der Waals surface area (Å²) < 4.78 is 4.30. The molecule has 0 aliphatic carbocycles. The Morgan fingerprint density at radius 2 is 1.55 bits per heavy atom. The van der Waals surface area contributed by atoms with E-state index in [2.05, 4.69) is 97.6 Å². The molecular formula is C28H23IrN4-. The van der Waals surface area contributed by atoms with Gasteiger partial charge in [-0.15, -0.1) is 29.1 Å². The van der Waals surface area contributed by atoms with Crippen LogP contribution in [0.15, 0.2) is 67.3 Å². The third-order valence-corrected chi connectivity index (χ3v) is 6.33. The minimum Gasteiger partial charge on any atom is -0.339 e. The van der Waals surface area contributed by atoms with Crippen LogP contribution in [0.25, 0.3) is 44.4 Å². The van der Waals surface area contributed by atoms with Crippen LogP contribution in [0.1, 0.15) is 22.3 Å². The van der Waals surface area contributed by atoms with Crippen molar-refractivity contribution >= 4 is 27.3 Å². The van der Waals surface area contributed by atoms with E-state index in [-0.39, 0.29) is 20.1 Å². The van der Waals surface area contributed by atoms with E-state index in [4.69, 9.17) is 9.97 Å². The van der Waals surface area contributed by atoms with Gasteiger partial charge in [0.05, 0.1) is 23.4 Å². The van der Waals surface area contributed by atoms with Crippen molar-refractivity contribution in [1.29, 1.82) is 0 Å². The van der Waals surface area contributed by atoms with Crippen LogP contribution in [0, 0.1) is 33.8 Å². The molecule has 0 unspecified atom stereocenters. The first-order valence-corrected chi connectivity index (χ1v) is 10.8. The van der Waals surface area contributed by atoms with E-state index in [9.17, 15) is 0 Å². The van der Waals surface area contributed by atoms with Crippen LogP contribution < -0.4 is 0 Å². The van der Waals surface area contributed by atoms with Gasteiger partial charge in [-0.05, 0) is 42.8 Å². The number of aromatic nitrogens is 4. The van der Waals surface area contributed by atoms with Gasteiger partial charge in [-0.2, -0.15) is 0 Å². The fraction of sp³-hybridized carbons (Fsp3) is 0.143. The fourth-order valence-electron chi connectivity index (χ4n) is 4.84. The van der Waals surface area contributed by atoms with Gasteiger partial charge in [-0.25, -0.2) is 4.98 Å². The van der Waals surface area contributed by atoms with Crippen LogP contribution in [0.3, 0.4) is 0 Å². The minimum atomic E-state index is 0. The van der Waals surface area contributed by atoms with Crippen molar-refractivity contribution in [2.75, 3.05) is 0 Å². The maximum atomic E-state index is 5.04. The average molecular weight is 608 g/mol. The number of aryl methyl sites for hydroxylation is 4. The van der Waals surface area contributed by atoms with Gasteiger partial charge in [-0.3, -0.25) is 4.98 Å². The number of hydrogen-bond donors (Lipinski definition) is 0. The van der Waals surface area contributed by atoms with Crippen molar-refractivity contribution in [3.05, 3.63) is 95.6 Å². The van der Waals surface area contributed by atoms with Crippen molar-refractivity contribution in [1.82, 2.24) is 18.9 Å². The number of fused-ring (bicyclic) bond motifs is 6. The summed E-state index contributed by atoms with van der Waals surface area (Å²) in [4.78, 5) is 9.75. The van der Waals surface area contributed by atoms with Crippen LogP contribution in [-0.2, 0) is 20.1 Å². The van der Waals surface area contributed by atoms with Crippen LogP contribution in [0.2, 0.25) is 0 Å². The first-order chi connectivity index (χ1) is 15.5. The third kappa shape index (κ3) is 3.31. The van der Waals surface area contributed by atoms with Gasteiger partial charge in [0.1, 0.15) is 5.69 Å². The van der Waals surface area contributed by atoms with E-state index < -0.39 is 0 Å². The molecule has 0 fully saturated rings. The standard InChI is InChI=1S/C28H23N4.Ir/c1-17-11-12-22-23(13-17)21-10-6-9-20(4)27(21)32-15-25(30-28(22)32)24-14-31(16-29-24)26-18(2)7-5-8-19(26)3;/h5-11,13-16H,1-4H3;/q-1;. The molecule has 1 radical (unpaired) electrons. The smallest absolute Gasteiger partial charge is 0.108 e. The number of hydrogen-bond acceptors (Lipinski definition) is 2. The maximum Gasteiger partial charge on any atom is 0.108 e. The van der Waals surface area contributed by atoms with Crippen LogP contribution in [-0.4, -0.2) is 18.9 Å². The maximum absolute atomic E-state index is 5.04. The molecule has 0 N–H and O–H groups in total. The van der Waals surface area contributed by atoms with Crippen LogP contribution in [0.4, 0.5) is 0 Å². The zero-order chi connectivity index (χ0) is 22.0. The van der Waals surface area contributed by atoms with Gasteiger partial charge in [0, 0.05) is 38.0 Å². The topological polar surface area (TPSA) is 35.1 Å². The Bertz CT molecular complexity index is 1650. The Hall–Kier alpha value is -3.27. The monoisotopic (exact) mass is 608 g/mol. The normalized spacial score (nSPS) is 11.4. The summed E-state index contributed by atoms with van der Waals surface area (Å²) >= 11 is 0. The van der Waals surface area contributed by atoms with E-state index in [1.165, 1.54) is 44.2 Å². The quantitative estimate of drug-likeness (QED) is 0.166. The Morgan fingerprint density at radius 1 is 0.818 bits per heavy atom. The van der Waals surface area contributed by atoms with Crippen molar-refractivity contribution < 1.29 is 20.1 Å². The van der Waals surface area contributed by atoms with E-state index in [0.717, 1.165) is 22.4 Å². The molecule has 165 valence electrons. The molecule has 0 aliphatic rings. The molecule has 6 rings (SSSR count). The predicted octanol–water partition coefficient (Wildman–Crippen LogP) is 6.52. The average Bonchev–Trinajstić information content (AvgIpc) is 3.41. The minimum absolute atomic E-state index is 0. The predicted molar refractivity (Wildman–Crippen MR) is 131 cm³/mol. The van der Waals surface area contributed by atoms with E-state index in [1.54, 1.807) is 0 Å². The first kappa shape index (κ1) is 21.6. The molecule has 0 saturated heterocycles. The molecule has 0 aliphatic heterocycles. The van der Waals surface area contributed by atoms with Crippen LogP contribution in [0.5, 0.6) is 0 Å². The molecule has 0 saturated carbocycles. The van der Waals surface area contributed by atoms with Gasteiger partial charge in [-0.1, -0.05) is 48.7 Å². The molecule has 3 heterocycles. The van der Waals surface area contributed by atoms with E-state index in [1.807, 2.05) is 12.4 Å². The SMILES string of the molecule is Cc1c[c-]c2c(c1)c1cccc(C)c1n1cc(-c3cn(-c4c(C)cccc4C)cn3)nc21.[Ir]. The van der Waals surface area contributed by atoms with Gasteiger partial charge in [0.15, 0.2) is 0 Å². The molecule has 3 aromatic carbocycles. The molecule has 4 nitrogen and oxygen atoms in total. The summed E-state index contributed by atoms with van der Waals surface area (Å²) in [6, 6.07) is 20.6. The van der Waals surface area contributed by atoms with Crippen molar-refractivity contribution in [2.45, 2.75) is 27.7 Å². The number of para-hydroxylation sites is 2. The molecule has 0 amide bonds. The summed E-state index contributed by atoms with van der Waals surface area (Å²) in [6.07, 6.45) is 6.06. The second-order valence-corrected chi connectivity index (χ2v) is 8.66. The Labute approximate surface area is 206 Å². The summed E-state index contributed by atoms with van der Waals surface area (Å²) in [5, 5.41) is 3.45. The van der Waals surface area contributed by atoms with E-state index in [0.29, 0.717) is 0 Å². The van der Waals surface area contributed by atoms with Crippen molar-refractivity contribution in [2.24, 2.45) is 0 Å². The Morgan fingerprint density at radius 3 is 2.33 bits per heavy atom. The third-order valence-electron chi connectivity index (χ3n) is 6.33. The summed E-state index contributed by atoms with van der Waals surface area (Å²) in [5.41, 5.74) is 9.86. The van der Waals surface area contributed by atoms with Gasteiger partial charge < -0.3 is 8.97 Å². The number of rotatable bonds is 2. The second-order valence-electron chi connectivity index (χ2n) is 8.66. The number of nitrogens with zero attached hydrogens (tertiary/aromatic N) is 4. The molecule has 5 heteroatoms. The van der Waals surface area contributed by atoms with Gasteiger partial charge in [0.2, 0.25) is 0 Å². The number of pyridine rings is 1. The Balaban J connectivity index is 0.00000228. The van der Waals surface area contributed by atoms with E-state index >= 15 is 0 Å². The number of benzene rings is 3. The summed E-state index contributed by atoms with van der Waals surface area (Å²) in [7, 11) is 0. The molecule has 0 atom stereocenters. The summed E-state index contributed by atoms with van der Waals surface area (Å²) in [5.74, 6) is 0. The van der Waals surface area contributed by atoms with Gasteiger partial charge in [0.25, 0.3) is 0 Å². The second kappa shape index (κ2) is 7.95.